The van der Waals surface area contributed by atoms with Crippen molar-refractivity contribution in [2.24, 2.45) is 5.84 Å². The van der Waals surface area contributed by atoms with E-state index in [1.165, 1.54) is 39.0 Å². The summed E-state index contributed by atoms with van der Waals surface area (Å²) in [6.45, 7) is 0.705. The van der Waals surface area contributed by atoms with Crippen LogP contribution in [0.1, 0.15) is 17.5 Å². The predicted octanol–water partition coefficient (Wildman–Crippen LogP) is 5.74. The van der Waals surface area contributed by atoms with Gasteiger partial charge in [0.1, 0.15) is 0 Å². The SMILES string of the molecule is NN(CC1=CCC(=C2c3ccccc3-c3ccccc32)C=C1)c1ccccc1. The molecule has 0 radical (unpaired) electrons. The Labute approximate surface area is 165 Å². The fourth-order valence-corrected chi connectivity index (χ4v) is 4.16. The Bertz CT molecular complexity index is 1070. The van der Waals surface area contributed by atoms with E-state index in [2.05, 4.69) is 66.8 Å². The van der Waals surface area contributed by atoms with Gasteiger partial charge in [0.2, 0.25) is 0 Å². The monoisotopic (exact) mass is 362 g/mol. The number of hydrogen-bond acceptors (Lipinski definition) is 2. The van der Waals surface area contributed by atoms with Crippen LogP contribution in [0.25, 0.3) is 16.7 Å². The Kier molecular flexibility index (Phi) is 4.19. The largest absolute Gasteiger partial charge is 0.307 e. The van der Waals surface area contributed by atoms with E-state index in [4.69, 9.17) is 5.84 Å². The molecule has 0 saturated heterocycles. The first kappa shape index (κ1) is 16.8. The van der Waals surface area contributed by atoms with E-state index in [1.54, 1.807) is 5.01 Å². The van der Waals surface area contributed by atoms with Crippen LogP contribution in [0.5, 0.6) is 0 Å². The van der Waals surface area contributed by atoms with Crippen molar-refractivity contribution in [2.75, 3.05) is 11.6 Å². The van der Waals surface area contributed by atoms with E-state index in [1.807, 2.05) is 30.3 Å². The second-order valence-corrected chi connectivity index (χ2v) is 7.27. The lowest BCUT2D eigenvalue weighted by Crippen LogP contribution is -2.32. The van der Waals surface area contributed by atoms with E-state index >= 15 is 0 Å². The Balaban J connectivity index is 1.45. The van der Waals surface area contributed by atoms with Crippen molar-refractivity contribution >= 4 is 11.3 Å². The number of hydrogen-bond donors (Lipinski definition) is 1. The van der Waals surface area contributed by atoms with Gasteiger partial charge in [0.05, 0.1) is 12.2 Å². The van der Waals surface area contributed by atoms with E-state index in [0.29, 0.717) is 6.54 Å². The zero-order chi connectivity index (χ0) is 18.9. The molecule has 3 aromatic rings. The van der Waals surface area contributed by atoms with Crippen LogP contribution in [0.4, 0.5) is 5.69 Å². The van der Waals surface area contributed by atoms with Gasteiger partial charge in [-0.3, -0.25) is 0 Å². The minimum absolute atomic E-state index is 0.705. The lowest BCUT2D eigenvalue weighted by atomic mass is 9.92. The average molecular weight is 362 g/mol. The number of anilines is 1. The summed E-state index contributed by atoms with van der Waals surface area (Å²) in [5.41, 5.74) is 10.3. The average Bonchev–Trinajstić information content (AvgIpc) is 3.09. The summed E-state index contributed by atoms with van der Waals surface area (Å²) in [7, 11) is 0. The molecule has 0 atom stereocenters. The van der Waals surface area contributed by atoms with E-state index in [0.717, 1.165) is 12.1 Å². The smallest absolute Gasteiger partial charge is 0.0589 e. The highest BCUT2D eigenvalue weighted by Gasteiger charge is 2.24. The van der Waals surface area contributed by atoms with Crippen molar-refractivity contribution in [1.29, 1.82) is 0 Å². The van der Waals surface area contributed by atoms with Crippen LogP contribution in [0.2, 0.25) is 0 Å². The first-order valence-corrected chi connectivity index (χ1v) is 9.68. The van der Waals surface area contributed by atoms with Crippen LogP contribution in [-0.4, -0.2) is 6.54 Å². The molecule has 2 aliphatic carbocycles. The summed E-state index contributed by atoms with van der Waals surface area (Å²) in [5.74, 6) is 6.26. The van der Waals surface area contributed by atoms with Gasteiger partial charge in [-0.05, 0) is 57.5 Å². The minimum atomic E-state index is 0.705. The van der Waals surface area contributed by atoms with E-state index in [-0.39, 0.29) is 0 Å². The second-order valence-electron chi connectivity index (χ2n) is 7.27. The highest BCUT2D eigenvalue weighted by Crippen LogP contribution is 2.46. The topological polar surface area (TPSA) is 29.3 Å². The molecule has 136 valence electrons. The van der Waals surface area contributed by atoms with Gasteiger partial charge in [-0.25, -0.2) is 5.84 Å². The van der Waals surface area contributed by atoms with E-state index in [9.17, 15) is 0 Å². The maximum atomic E-state index is 6.26. The summed E-state index contributed by atoms with van der Waals surface area (Å²) in [6.07, 6.45) is 7.70. The highest BCUT2D eigenvalue weighted by atomic mass is 15.4. The van der Waals surface area contributed by atoms with Crippen LogP contribution in [0.3, 0.4) is 0 Å². The molecule has 2 N–H and O–H groups in total. The molecule has 0 amide bonds. The summed E-state index contributed by atoms with van der Waals surface area (Å²) in [5, 5.41) is 1.80. The quantitative estimate of drug-likeness (QED) is 0.372. The molecule has 2 heteroatoms. The molecule has 0 aromatic heterocycles. The van der Waals surface area contributed by atoms with Gasteiger partial charge in [-0.2, -0.15) is 0 Å². The zero-order valence-corrected chi connectivity index (χ0v) is 15.7. The molecule has 3 aromatic carbocycles. The third kappa shape index (κ3) is 2.88. The fraction of sp³-hybridized carbons (Fsp3) is 0.0769. The normalized spacial score (nSPS) is 14.5. The molecule has 0 bridgehead atoms. The number of nitrogens with zero attached hydrogens (tertiary/aromatic N) is 1. The van der Waals surface area contributed by atoms with Crippen LogP contribution in [0, 0.1) is 0 Å². The molecule has 2 aliphatic rings. The number of nitrogens with two attached hydrogens (primary N) is 1. The molecule has 2 nitrogen and oxygen atoms in total. The standard InChI is InChI=1S/C26H22N2/c27-28(21-8-2-1-3-9-21)18-19-14-16-20(17-15-19)26-24-12-6-4-10-22(24)23-11-5-7-13-25(23)26/h1-16H,17-18,27H2. The summed E-state index contributed by atoms with van der Waals surface area (Å²) in [6, 6.07) is 27.5. The molecule has 0 spiro atoms. The lowest BCUT2D eigenvalue weighted by molar-refractivity contribution is 0.912. The van der Waals surface area contributed by atoms with Crippen molar-refractivity contribution in [1.82, 2.24) is 0 Å². The summed E-state index contributed by atoms with van der Waals surface area (Å²) < 4.78 is 0. The number of fused-ring (bicyclic) bond motifs is 3. The third-order valence-corrected chi connectivity index (χ3v) is 5.53. The zero-order valence-electron chi connectivity index (χ0n) is 15.7. The molecule has 0 aliphatic heterocycles. The van der Waals surface area contributed by atoms with Crippen molar-refractivity contribution < 1.29 is 0 Å². The number of para-hydroxylation sites is 1. The molecule has 0 unspecified atom stereocenters. The highest BCUT2D eigenvalue weighted by molar-refractivity contribution is 6.02. The van der Waals surface area contributed by atoms with Gasteiger partial charge in [-0.1, -0.05) is 85.0 Å². The lowest BCUT2D eigenvalue weighted by Gasteiger charge is -2.21. The molecule has 0 fully saturated rings. The second kappa shape index (κ2) is 6.99. The molecular weight excluding hydrogens is 340 g/mol. The van der Waals surface area contributed by atoms with Crippen LogP contribution in [-0.2, 0) is 0 Å². The number of rotatable bonds is 3. The van der Waals surface area contributed by atoms with Crippen LogP contribution >= 0.6 is 0 Å². The van der Waals surface area contributed by atoms with E-state index < -0.39 is 0 Å². The Hall–Kier alpha value is -3.36. The first-order chi connectivity index (χ1) is 13.8. The summed E-state index contributed by atoms with van der Waals surface area (Å²) >= 11 is 0. The van der Waals surface area contributed by atoms with Gasteiger partial charge >= 0.3 is 0 Å². The van der Waals surface area contributed by atoms with Crippen molar-refractivity contribution in [3.8, 4) is 11.1 Å². The van der Waals surface area contributed by atoms with Gasteiger partial charge < -0.3 is 5.01 Å². The molecule has 28 heavy (non-hydrogen) atoms. The number of allylic oxidation sites excluding steroid dienone is 3. The third-order valence-electron chi connectivity index (χ3n) is 5.53. The van der Waals surface area contributed by atoms with Crippen LogP contribution in [0.15, 0.2) is 108 Å². The Morgan fingerprint density at radius 1 is 0.679 bits per heavy atom. The predicted molar refractivity (Wildman–Crippen MR) is 118 cm³/mol. The maximum Gasteiger partial charge on any atom is 0.0589 e. The molecule has 0 saturated carbocycles. The van der Waals surface area contributed by atoms with Gasteiger partial charge in [0.25, 0.3) is 0 Å². The molecule has 5 rings (SSSR count). The van der Waals surface area contributed by atoms with Gasteiger partial charge in [0.15, 0.2) is 0 Å². The minimum Gasteiger partial charge on any atom is -0.307 e. The van der Waals surface area contributed by atoms with Crippen molar-refractivity contribution in [3.63, 3.8) is 0 Å². The first-order valence-electron chi connectivity index (χ1n) is 9.68. The number of benzene rings is 3. The van der Waals surface area contributed by atoms with Crippen molar-refractivity contribution in [2.45, 2.75) is 6.42 Å². The number of hydrazine groups is 1. The van der Waals surface area contributed by atoms with Crippen molar-refractivity contribution in [3.05, 3.63) is 119 Å². The summed E-state index contributed by atoms with van der Waals surface area (Å²) in [4.78, 5) is 0. The van der Waals surface area contributed by atoms with Gasteiger partial charge in [-0.15, -0.1) is 0 Å². The van der Waals surface area contributed by atoms with Crippen LogP contribution < -0.4 is 10.9 Å². The molecule has 0 heterocycles. The Morgan fingerprint density at radius 3 is 1.82 bits per heavy atom. The Morgan fingerprint density at radius 2 is 1.25 bits per heavy atom. The molecular formula is C26H22N2. The van der Waals surface area contributed by atoms with Gasteiger partial charge in [0, 0.05) is 0 Å². The fourth-order valence-electron chi connectivity index (χ4n) is 4.16. The maximum absolute atomic E-state index is 6.26.